The highest BCUT2D eigenvalue weighted by molar-refractivity contribution is 5.92. The maximum absolute atomic E-state index is 12.7. The van der Waals surface area contributed by atoms with Gasteiger partial charge in [0.15, 0.2) is 0 Å². The van der Waals surface area contributed by atoms with Gasteiger partial charge in [-0.3, -0.25) is 4.79 Å². The molecule has 3 N–H and O–H groups in total. The monoisotopic (exact) mass is 290 g/mol. The predicted molar refractivity (Wildman–Crippen MR) is 65.4 cm³/mol. The van der Waals surface area contributed by atoms with Crippen molar-refractivity contribution in [1.82, 2.24) is 5.32 Å². The summed E-state index contributed by atoms with van der Waals surface area (Å²) in [5.41, 5.74) is -0.901. The predicted octanol–water partition coefficient (Wildman–Crippen LogP) is 2.61. The zero-order valence-corrected chi connectivity index (χ0v) is 10.7. The summed E-state index contributed by atoms with van der Waals surface area (Å²) in [6, 6.07) is 1.27. The molecule has 0 unspecified atom stereocenters. The summed E-state index contributed by atoms with van der Waals surface area (Å²) in [7, 11) is 0. The van der Waals surface area contributed by atoms with Gasteiger partial charge in [-0.15, -0.1) is 0 Å². The number of carbonyl (C=O) groups is 2. The molecule has 0 saturated carbocycles. The standard InChI is InChI=1S/C12H13F3N2O3/c1-6-3-4-8(5-9(6)12(13,14)15)17-11(20)16-7(2)10(18)19/h3-5,7H,1-2H3,(H,18,19)(H2,16,17,20)/t7-/m1/s1. The van der Waals surface area contributed by atoms with Gasteiger partial charge >= 0.3 is 18.2 Å². The van der Waals surface area contributed by atoms with E-state index < -0.39 is 29.8 Å². The van der Waals surface area contributed by atoms with Gasteiger partial charge in [-0.1, -0.05) is 6.07 Å². The van der Waals surface area contributed by atoms with Crippen molar-refractivity contribution in [3.63, 3.8) is 0 Å². The second kappa shape index (κ2) is 5.81. The number of urea groups is 1. The lowest BCUT2D eigenvalue weighted by molar-refractivity contribution is -0.139. The molecule has 0 aliphatic heterocycles. The third-order valence-corrected chi connectivity index (χ3v) is 2.52. The number of carboxylic acids is 1. The highest BCUT2D eigenvalue weighted by atomic mass is 19.4. The van der Waals surface area contributed by atoms with Crippen molar-refractivity contribution in [2.24, 2.45) is 0 Å². The summed E-state index contributed by atoms with van der Waals surface area (Å²) in [5, 5.41) is 12.8. The smallest absolute Gasteiger partial charge is 0.416 e. The lowest BCUT2D eigenvalue weighted by Gasteiger charge is -2.14. The number of amides is 2. The van der Waals surface area contributed by atoms with Crippen LogP contribution in [0.4, 0.5) is 23.7 Å². The maximum Gasteiger partial charge on any atom is 0.416 e. The Hall–Kier alpha value is -2.25. The molecule has 0 aromatic heterocycles. The van der Waals surface area contributed by atoms with Crippen LogP contribution < -0.4 is 10.6 Å². The zero-order valence-electron chi connectivity index (χ0n) is 10.7. The molecule has 110 valence electrons. The molecule has 0 bridgehead atoms. The van der Waals surface area contributed by atoms with Gasteiger partial charge in [0.1, 0.15) is 6.04 Å². The van der Waals surface area contributed by atoms with Crippen molar-refractivity contribution in [3.05, 3.63) is 29.3 Å². The van der Waals surface area contributed by atoms with Crippen molar-refractivity contribution >= 4 is 17.7 Å². The minimum atomic E-state index is -4.52. The number of hydrogen-bond acceptors (Lipinski definition) is 2. The van der Waals surface area contributed by atoms with E-state index in [1.54, 1.807) is 0 Å². The zero-order chi connectivity index (χ0) is 15.5. The average molecular weight is 290 g/mol. The second-order valence-electron chi connectivity index (χ2n) is 4.19. The van der Waals surface area contributed by atoms with Crippen LogP contribution in [0.2, 0.25) is 0 Å². The van der Waals surface area contributed by atoms with E-state index in [0.29, 0.717) is 0 Å². The fourth-order valence-corrected chi connectivity index (χ4v) is 1.43. The van der Waals surface area contributed by atoms with Gasteiger partial charge in [-0.2, -0.15) is 13.2 Å². The number of carbonyl (C=O) groups excluding carboxylic acids is 1. The molecular formula is C12H13F3N2O3. The van der Waals surface area contributed by atoms with E-state index in [1.165, 1.54) is 26.0 Å². The van der Waals surface area contributed by atoms with E-state index in [-0.39, 0.29) is 11.3 Å². The lowest BCUT2D eigenvalue weighted by atomic mass is 10.1. The summed E-state index contributed by atoms with van der Waals surface area (Å²) in [6.07, 6.45) is -4.52. The molecule has 0 aliphatic carbocycles. The van der Waals surface area contributed by atoms with E-state index in [9.17, 15) is 22.8 Å². The Morgan fingerprint density at radius 2 is 1.90 bits per heavy atom. The summed E-state index contributed by atoms with van der Waals surface area (Å²) in [6.45, 7) is 2.54. The Morgan fingerprint density at radius 3 is 2.40 bits per heavy atom. The average Bonchev–Trinajstić information content (AvgIpc) is 2.29. The fraction of sp³-hybridized carbons (Fsp3) is 0.333. The topological polar surface area (TPSA) is 78.4 Å². The second-order valence-corrected chi connectivity index (χ2v) is 4.19. The third kappa shape index (κ3) is 4.15. The number of anilines is 1. The molecule has 0 spiro atoms. The number of carboxylic acid groups (broad SMARTS) is 1. The third-order valence-electron chi connectivity index (χ3n) is 2.52. The van der Waals surface area contributed by atoms with E-state index in [1.807, 2.05) is 0 Å². The molecule has 0 aliphatic rings. The summed E-state index contributed by atoms with van der Waals surface area (Å²) < 4.78 is 38.0. The Morgan fingerprint density at radius 1 is 1.30 bits per heavy atom. The van der Waals surface area contributed by atoms with Crippen molar-refractivity contribution in [3.8, 4) is 0 Å². The van der Waals surface area contributed by atoms with Crippen LogP contribution in [-0.4, -0.2) is 23.1 Å². The Labute approximate surface area is 112 Å². The van der Waals surface area contributed by atoms with Crippen molar-refractivity contribution < 1.29 is 27.9 Å². The van der Waals surface area contributed by atoms with Gasteiger partial charge in [0.2, 0.25) is 0 Å². The molecule has 0 radical (unpaired) electrons. The van der Waals surface area contributed by atoms with Crippen LogP contribution in [0, 0.1) is 6.92 Å². The van der Waals surface area contributed by atoms with Gasteiger partial charge in [0, 0.05) is 5.69 Å². The summed E-state index contributed by atoms with van der Waals surface area (Å²) in [5.74, 6) is -1.25. The van der Waals surface area contributed by atoms with Crippen LogP contribution >= 0.6 is 0 Å². The van der Waals surface area contributed by atoms with Crippen molar-refractivity contribution in [2.75, 3.05) is 5.32 Å². The number of rotatable bonds is 3. The molecule has 1 rings (SSSR count). The molecule has 0 heterocycles. The molecule has 2 amide bonds. The van der Waals surface area contributed by atoms with Gasteiger partial charge in [0.05, 0.1) is 5.56 Å². The molecule has 8 heteroatoms. The van der Waals surface area contributed by atoms with E-state index in [4.69, 9.17) is 5.11 Å². The Bertz CT molecular complexity index is 529. The fourth-order valence-electron chi connectivity index (χ4n) is 1.43. The van der Waals surface area contributed by atoms with Crippen molar-refractivity contribution in [2.45, 2.75) is 26.1 Å². The number of benzene rings is 1. The first-order valence-electron chi connectivity index (χ1n) is 5.59. The highest BCUT2D eigenvalue weighted by Crippen LogP contribution is 2.33. The maximum atomic E-state index is 12.7. The molecule has 0 saturated heterocycles. The first-order valence-corrected chi connectivity index (χ1v) is 5.59. The van der Waals surface area contributed by atoms with Crippen LogP contribution in [0.5, 0.6) is 0 Å². The first-order chi connectivity index (χ1) is 9.11. The van der Waals surface area contributed by atoms with E-state index >= 15 is 0 Å². The SMILES string of the molecule is Cc1ccc(NC(=O)N[C@H](C)C(=O)O)cc1C(F)(F)F. The van der Waals surface area contributed by atoms with Gasteiger partial charge in [0.25, 0.3) is 0 Å². The van der Waals surface area contributed by atoms with Crippen LogP contribution in [0.1, 0.15) is 18.1 Å². The summed E-state index contributed by atoms with van der Waals surface area (Å²) in [4.78, 5) is 21.9. The lowest BCUT2D eigenvalue weighted by Crippen LogP contribution is -2.40. The number of hydrogen-bond donors (Lipinski definition) is 3. The number of aryl methyl sites for hydroxylation is 1. The molecule has 5 nitrogen and oxygen atoms in total. The molecule has 1 aromatic carbocycles. The Kier molecular flexibility index (Phi) is 4.59. The van der Waals surface area contributed by atoms with Crippen LogP contribution in [0.15, 0.2) is 18.2 Å². The largest absolute Gasteiger partial charge is 0.480 e. The molecule has 1 aromatic rings. The van der Waals surface area contributed by atoms with Crippen LogP contribution in [0.25, 0.3) is 0 Å². The normalized spacial score (nSPS) is 12.7. The quantitative estimate of drug-likeness (QED) is 0.800. The van der Waals surface area contributed by atoms with Gasteiger partial charge < -0.3 is 15.7 Å². The van der Waals surface area contributed by atoms with Gasteiger partial charge in [-0.25, -0.2) is 4.79 Å². The minimum Gasteiger partial charge on any atom is -0.480 e. The molecule has 0 fully saturated rings. The number of alkyl halides is 3. The Balaban J connectivity index is 2.84. The van der Waals surface area contributed by atoms with E-state index in [0.717, 1.165) is 6.07 Å². The van der Waals surface area contributed by atoms with Gasteiger partial charge in [-0.05, 0) is 31.5 Å². The number of nitrogens with one attached hydrogen (secondary N) is 2. The minimum absolute atomic E-state index is 0.0300. The molecule has 20 heavy (non-hydrogen) atoms. The van der Waals surface area contributed by atoms with Crippen LogP contribution in [-0.2, 0) is 11.0 Å². The van der Waals surface area contributed by atoms with Crippen molar-refractivity contribution in [1.29, 1.82) is 0 Å². The van der Waals surface area contributed by atoms with E-state index in [2.05, 4.69) is 10.6 Å². The summed E-state index contributed by atoms with van der Waals surface area (Å²) >= 11 is 0. The molecule has 1 atom stereocenters. The highest BCUT2D eigenvalue weighted by Gasteiger charge is 2.32. The number of halogens is 3. The van der Waals surface area contributed by atoms with Crippen LogP contribution in [0.3, 0.4) is 0 Å². The first kappa shape index (κ1) is 15.8. The molecular weight excluding hydrogens is 277 g/mol. The number of aliphatic carboxylic acids is 1.